The molecule has 0 aliphatic rings. The van der Waals surface area contributed by atoms with Crippen molar-refractivity contribution in [3.63, 3.8) is 0 Å². The lowest BCUT2D eigenvalue weighted by Gasteiger charge is -2.35. The Hall–Kier alpha value is -1.77. The second-order valence-electron chi connectivity index (χ2n) is 7.15. The normalized spacial score (nSPS) is 12.8. The van der Waals surface area contributed by atoms with Gasteiger partial charge in [0.2, 0.25) is 0 Å². The van der Waals surface area contributed by atoms with Crippen molar-refractivity contribution in [1.29, 1.82) is 5.26 Å². The fourth-order valence-electron chi connectivity index (χ4n) is 3.25. The van der Waals surface area contributed by atoms with Crippen LogP contribution in [0.1, 0.15) is 50.9 Å². The summed E-state index contributed by atoms with van der Waals surface area (Å²) in [4.78, 5) is 11.3. The van der Waals surface area contributed by atoms with Crippen molar-refractivity contribution in [3.05, 3.63) is 36.0 Å². The third-order valence-corrected chi connectivity index (χ3v) is 6.46. The van der Waals surface area contributed by atoms with E-state index in [0.29, 0.717) is 25.2 Å². The zero-order valence-corrected chi connectivity index (χ0v) is 18.1. The molecule has 0 aliphatic carbocycles. The second-order valence-corrected chi connectivity index (χ2v) is 8.60. The number of nitrogens with zero attached hydrogens (tertiary/aromatic N) is 3. The summed E-state index contributed by atoms with van der Waals surface area (Å²) >= 11 is 0. The minimum absolute atomic E-state index is 0.289. The number of carbonyl (C=O) groups excluding carboxylic acids is 1. The highest BCUT2D eigenvalue weighted by atomic mass is 31.2. The Labute approximate surface area is 169 Å². The van der Waals surface area contributed by atoms with Gasteiger partial charge in [0.1, 0.15) is 0 Å². The highest BCUT2D eigenvalue weighted by Gasteiger charge is 2.26. The average molecular weight is 403 g/mol. The van der Waals surface area contributed by atoms with Crippen LogP contribution in [0, 0.1) is 11.3 Å². The van der Waals surface area contributed by atoms with Gasteiger partial charge in [-0.1, -0.05) is 18.2 Å². The lowest BCUT2D eigenvalue weighted by Crippen LogP contribution is -2.33. The maximum absolute atomic E-state index is 11.3. The molecular formula is C21H30N3O3P. The van der Waals surface area contributed by atoms with E-state index >= 15 is 0 Å². The van der Waals surface area contributed by atoms with Crippen molar-refractivity contribution < 1.29 is 13.8 Å². The van der Waals surface area contributed by atoms with Crippen LogP contribution < -0.4 is 0 Å². The van der Waals surface area contributed by atoms with Crippen LogP contribution in [0.5, 0.6) is 0 Å². The molecule has 6 nitrogen and oxygen atoms in total. The first kappa shape index (κ1) is 22.5. The molecule has 0 bridgehead atoms. The molecule has 0 amide bonds. The van der Waals surface area contributed by atoms with E-state index in [1.54, 1.807) is 0 Å². The summed E-state index contributed by atoms with van der Waals surface area (Å²) in [6.45, 7) is 10.2. The number of aromatic nitrogens is 1. The molecule has 7 heteroatoms. The number of fused-ring (bicyclic) bond motifs is 1. The number of hydrogen-bond donors (Lipinski definition) is 0. The van der Waals surface area contributed by atoms with Crippen molar-refractivity contribution in [1.82, 2.24) is 9.24 Å². The van der Waals surface area contributed by atoms with E-state index < -0.39 is 8.53 Å². The number of aryl methyl sites for hydroxylation is 1. The summed E-state index contributed by atoms with van der Waals surface area (Å²) in [6, 6.07) is 10.6. The summed E-state index contributed by atoms with van der Waals surface area (Å²) in [5.74, 6) is 0. The Morgan fingerprint density at radius 1 is 1.18 bits per heavy atom. The van der Waals surface area contributed by atoms with Gasteiger partial charge in [-0.25, -0.2) is 4.67 Å². The maximum Gasteiger partial charge on any atom is 0.259 e. The van der Waals surface area contributed by atoms with E-state index in [1.165, 1.54) is 0 Å². The molecule has 0 saturated heterocycles. The van der Waals surface area contributed by atoms with Gasteiger partial charge >= 0.3 is 0 Å². The molecule has 0 fully saturated rings. The maximum atomic E-state index is 11.3. The summed E-state index contributed by atoms with van der Waals surface area (Å²) in [5, 5.41) is 9.76. The molecule has 1 aromatic carbocycles. The molecule has 0 spiro atoms. The largest absolute Gasteiger partial charge is 0.347 e. The summed E-state index contributed by atoms with van der Waals surface area (Å²) < 4.78 is 16.3. The van der Waals surface area contributed by atoms with Gasteiger partial charge in [-0.3, -0.25) is 4.79 Å². The van der Waals surface area contributed by atoms with Crippen LogP contribution in [0.2, 0.25) is 0 Å². The molecule has 1 heterocycles. The van der Waals surface area contributed by atoms with Crippen LogP contribution >= 0.6 is 8.53 Å². The van der Waals surface area contributed by atoms with Gasteiger partial charge in [0.05, 0.1) is 25.7 Å². The van der Waals surface area contributed by atoms with E-state index in [1.807, 2.05) is 30.5 Å². The van der Waals surface area contributed by atoms with Crippen molar-refractivity contribution >= 4 is 25.7 Å². The molecule has 2 rings (SSSR count). The third kappa shape index (κ3) is 5.86. The van der Waals surface area contributed by atoms with E-state index in [4.69, 9.17) is 14.3 Å². The molecule has 0 aliphatic heterocycles. The zero-order chi connectivity index (χ0) is 20.5. The Kier molecular flexibility index (Phi) is 9.08. The third-order valence-electron chi connectivity index (χ3n) is 4.35. The predicted octanol–water partition coefficient (Wildman–Crippen LogP) is 5.14. The molecule has 28 heavy (non-hydrogen) atoms. The minimum Gasteiger partial charge on any atom is -0.347 e. The molecule has 1 atom stereocenters. The average Bonchev–Trinajstić information content (AvgIpc) is 3.02. The van der Waals surface area contributed by atoms with Crippen LogP contribution in [0.3, 0.4) is 0 Å². The first-order valence-corrected chi connectivity index (χ1v) is 10.9. The van der Waals surface area contributed by atoms with Crippen LogP contribution in [0.25, 0.3) is 10.9 Å². The highest BCUT2D eigenvalue weighted by molar-refractivity contribution is 7.44. The number of benzene rings is 1. The topological polar surface area (TPSA) is 67.5 Å². The van der Waals surface area contributed by atoms with Gasteiger partial charge in [0.25, 0.3) is 8.53 Å². The zero-order valence-electron chi connectivity index (χ0n) is 17.2. The highest BCUT2D eigenvalue weighted by Crippen LogP contribution is 2.46. The van der Waals surface area contributed by atoms with E-state index in [-0.39, 0.29) is 12.1 Å². The van der Waals surface area contributed by atoms with Gasteiger partial charge in [-0.15, -0.1) is 0 Å². The fourth-order valence-corrected chi connectivity index (χ4v) is 4.87. The molecule has 0 radical (unpaired) electrons. The van der Waals surface area contributed by atoms with Gasteiger partial charge in [-0.05, 0) is 40.2 Å². The first-order chi connectivity index (χ1) is 13.5. The summed E-state index contributed by atoms with van der Waals surface area (Å²) in [7, 11) is -1.21. The van der Waals surface area contributed by atoms with Gasteiger partial charge in [0, 0.05) is 41.3 Å². The van der Waals surface area contributed by atoms with E-state index in [9.17, 15) is 4.79 Å². The molecule has 2 aromatic rings. The number of hydrogen-bond acceptors (Lipinski definition) is 5. The first-order valence-electron chi connectivity index (χ1n) is 9.73. The summed E-state index contributed by atoms with van der Waals surface area (Å²) in [5.41, 5.74) is 1.77. The molecule has 152 valence electrons. The number of rotatable bonds is 12. The minimum atomic E-state index is -1.21. The molecular weight excluding hydrogens is 373 g/mol. The summed E-state index contributed by atoms with van der Waals surface area (Å²) in [6.07, 6.45) is 3.97. The Morgan fingerprint density at radius 2 is 1.86 bits per heavy atom. The van der Waals surface area contributed by atoms with Gasteiger partial charge < -0.3 is 13.6 Å². The standard InChI is InChI=1S/C21H30N3O3P/c1-17(2)24(18(3)4)28(26-13-7-11-22)27-14-8-12-23-15-19(16-25)20-9-5-6-10-21(20)23/h5-6,9-10,15-18H,7-8,12-14H2,1-4H3. The van der Waals surface area contributed by atoms with E-state index in [0.717, 1.165) is 30.2 Å². The van der Waals surface area contributed by atoms with Crippen molar-refractivity contribution in [2.45, 2.75) is 59.2 Å². The Morgan fingerprint density at radius 3 is 2.50 bits per heavy atom. The van der Waals surface area contributed by atoms with Crippen LogP contribution in [-0.4, -0.2) is 40.8 Å². The lowest BCUT2D eigenvalue weighted by molar-refractivity contribution is 0.112. The molecule has 1 aromatic heterocycles. The number of carbonyl (C=O) groups is 1. The number of aldehydes is 1. The van der Waals surface area contributed by atoms with Gasteiger partial charge in [0.15, 0.2) is 6.29 Å². The number of para-hydroxylation sites is 1. The number of nitriles is 1. The van der Waals surface area contributed by atoms with Gasteiger partial charge in [-0.2, -0.15) is 5.26 Å². The SMILES string of the molecule is CC(C)N(C(C)C)P(OCCC#N)OCCCn1cc(C=O)c2ccccc21. The fraction of sp³-hybridized carbons (Fsp3) is 0.524. The molecule has 1 unspecified atom stereocenters. The molecule has 0 N–H and O–H groups in total. The van der Waals surface area contributed by atoms with Crippen LogP contribution in [0.4, 0.5) is 0 Å². The smallest absolute Gasteiger partial charge is 0.259 e. The van der Waals surface area contributed by atoms with Crippen molar-refractivity contribution in [2.75, 3.05) is 13.2 Å². The van der Waals surface area contributed by atoms with E-state index in [2.05, 4.69) is 43.0 Å². The monoisotopic (exact) mass is 403 g/mol. The second kappa shape index (κ2) is 11.3. The lowest BCUT2D eigenvalue weighted by atomic mass is 10.2. The molecule has 0 saturated carbocycles. The van der Waals surface area contributed by atoms with Crippen LogP contribution in [0.15, 0.2) is 30.5 Å². The van der Waals surface area contributed by atoms with Crippen molar-refractivity contribution in [3.8, 4) is 6.07 Å². The van der Waals surface area contributed by atoms with Crippen LogP contribution in [-0.2, 0) is 15.6 Å². The Balaban J connectivity index is 1.98. The Bertz CT molecular complexity index is 790. The quantitative estimate of drug-likeness (QED) is 0.279. The predicted molar refractivity (Wildman–Crippen MR) is 113 cm³/mol. The van der Waals surface area contributed by atoms with Crippen molar-refractivity contribution in [2.24, 2.45) is 0 Å².